The van der Waals surface area contributed by atoms with Gasteiger partial charge in [-0.3, -0.25) is 14.4 Å². The van der Waals surface area contributed by atoms with Gasteiger partial charge in [-0.2, -0.15) is 5.06 Å². The van der Waals surface area contributed by atoms with Crippen molar-refractivity contribution in [2.75, 3.05) is 6.54 Å². The number of hydrogen-bond donors (Lipinski definition) is 2. The molecule has 1 aromatic carbocycles. The smallest absolute Gasteiger partial charge is 0.345 e. The van der Waals surface area contributed by atoms with Crippen molar-refractivity contribution in [3.8, 4) is 0 Å². The van der Waals surface area contributed by atoms with E-state index in [4.69, 9.17) is 9.94 Å². The molecule has 1 aromatic rings. The zero-order valence-corrected chi connectivity index (χ0v) is 13.9. The van der Waals surface area contributed by atoms with Gasteiger partial charge in [0, 0.05) is 6.54 Å². The van der Waals surface area contributed by atoms with E-state index in [1.165, 1.54) is 16.9 Å². The monoisotopic (exact) mass is 347 g/mol. The SMILES string of the molecule is C[C@H](NC(=O)[C@@H]1CC[C@@H]2CN1C(=O)N2OCc1ccccc1)C(=O)O. The molecule has 2 fully saturated rings. The van der Waals surface area contributed by atoms with Crippen molar-refractivity contribution < 1.29 is 24.3 Å². The fourth-order valence-electron chi connectivity index (χ4n) is 3.16. The van der Waals surface area contributed by atoms with Crippen LogP contribution in [0.25, 0.3) is 0 Å². The van der Waals surface area contributed by atoms with Gasteiger partial charge in [0.15, 0.2) is 0 Å². The highest BCUT2D eigenvalue weighted by Crippen LogP contribution is 2.30. The molecule has 0 aliphatic carbocycles. The molecule has 134 valence electrons. The Morgan fingerprint density at radius 2 is 2.04 bits per heavy atom. The summed E-state index contributed by atoms with van der Waals surface area (Å²) < 4.78 is 0. The van der Waals surface area contributed by atoms with E-state index in [0.29, 0.717) is 19.4 Å². The summed E-state index contributed by atoms with van der Waals surface area (Å²) in [6.07, 6.45) is 1.12. The minimum absolute atomic E-state index is 0.0860. The minimum Gasteiger partial charge on any atom is -0.480 e. The third kappa shape index (κ3) is 3.58. The lowest BCUT2D eigenvalue weighted by atomic mass is 10.00. The van der Waals surface area contributed by atoms with E-state index in [0.717, 1.165) is 5.56 Å². The number of fused-ring (bicyclic) bond motifs is 2. The minimum atomic E-state index is -1.11. The van der Waals surface area contributed by atoms with E-state index in [1.807, 2.05) is 30.3 Å². The Bertz CT molecular complexity index is 666. The standard InChI is InChI=1S/C17H21N3O5/c1-11(16(22)23)18-15(21)14-8-7-13-9-19(14)17(24)20(13)25-10-12-5-3-2-4-6-12/h2-6,11,13-14H,7-10H2,1H3,(H,18,21)(H,22,23)/t11-,13+,14-/m0/s1. The molecule has 0 radical (unpaired) electrons. The maximum atomic E-state index is 12.6. The van der Waals surface area contributed by atoms with Crippen LogP contribution < -0.4 is 5.32 Å². The summed E-state index contributed by atoms with van der Waals surface area (Å²) >= 11 is 0. The molecule has 0 aromatic heterocycles. The van der Waals surface area contributed by atoms with Crippen molar-refractivity contribution >= 4 is 17.9 Å². The average Bonchev–Trinajstić information content (AvgIpc) is 2.84. The lowest BCUT2D eigenvalue weighted by molar-refractivity contribution is -0.142. The zero-order valence-electron chi connectivity index (χ0n) is 13.9. The third-order valence-electron chi connectivity index (χ3n) is 4.57. The van der Waals surface area contributed by atoms with E-state index in [9.17, 15) is 14.4 Å². The highest BCUT2D eigenvalue weighted by Gasteiger charge is 2.48. The number of urea groups is 1. The first-order chi connectivity index (χ1) is 12.0. The molecule has 2 N–H and O–H groups in total. The molecule has 8 heteroatoms. The Hall–Kier alpha value is -2.61. The number of nitrogens with one attached hydrogen (secondary N) is 1. The van der Waals surface area contributed by atoms with Gasteiger partial charge in [0.1, 0.15) is 18.7 Å². The number of nitrogens with zero attached hydrogens (tertiary/aromatic N) is 2. The van der Waals surface area contributed by atoms with Crippen LogP contribution in [0.1, 0.15) is 25.3 Å². The predicted molar refractivity (Wildman–Crippen MR) is 87.2 cm³/mol. The van der Waals surface area contributed by atoms with E-state index in [1.54, 1.807) is 0 Å². The van der Waals surface area contributed by atoms with E-state index < -0.39 is 24.0 Å². The first-order valence-electron chi connectivity index (χ1n) is 8.27. The largest absolute Gasteiger partial charge is 0.480 e. The molecule has 2 aliphatic rings. The van der Waals surface area contributed by atoms with Gasteiger partial charge in [-0.1, -0.05) is 30.3 Å². The van der Waals surface area contributed by atoms with Gasteiger partial charge >= 0.3 is 12.0 Å². The second-order valence-electron chi connectivity index (χ2n) is 6.34. The fourth-order valence-corrected chi connectivity index (χ4v) is 3.16. The van der Waals surface area contributed by atoms with Gasteiger partial charge in [0.05, 0.1) is 6.04 Å². The third-order valence-corrected chi connectivity index (χ3v) is 4.57. The second-order valence-corrected chi connectivity index (χ2v) is 6.34. The number of carbonyl (C=O) groups is 3. The van der Waals surface area contributed by atoms with Crippen molar-refractivity contribution in [1.29, 1.82) is 0 Å². The zero-order chi connectivity index (χ0) is 18.0. The molecule has 2 saturated heterocycles. The van der Waals surface area contributed by atoms with Crippen LogP contribution in [0.5, 0.6) is 0 Å². The summed E-state index contributed by atoms with van der Waals surface area (Å²) in [5.74, 6) is -1.55. The maximum absolute atomic E-state index is 12.6. The van der Waals surface area contributed by atoms with E-state index in [-0.39, 0.29) is 18.7 Å². The number of carboxylic acids is 1. The number of piperidine rings is 1. The van der Waals surface area contributed by atoms with Crippen LogP contribution in [0.15, 0.2) is 30.3 Å². The van der Waals surface area contributed by atoms with Crippen LogP contribution in [0.3, 0.4) is 0 Å². The number of benzene rings is 1. The number of amides is 3. The Labute approximate surface area is 145 Å². The van der Waals surface area contributed by atoms with Crippen LogP contribution in [0.2, 0.25) is 0 Å². The second kappa shape index (κ2) is 7.10. The van der Waals surface area contributed by atoms with Gasteiger partial charge in [-0.25, -0.2) is 4.79 Å². The normalized spacial score (nSPS) is 23.5. The number of carboxylic acid groups (broad SMARTS) is 1. The highest BCUT2D eigenvalue weighted by atomic mass is 16.7. The quantitative estimate of drug-likeness (QED) is 0.799. The van der Waals surface area contributed by atoms with Crippen molar-refractivity contribution in [3.63, 3.8) is 0 Å². The molecular formula is C17H21N3O5. The molecule has 3 amide bonds. The van der Waals surface area contributed by atoms with Gasteiger partial charge in [0.2, 0.25) is 5.91 Å². The van der Waals surface area contributed by atoms with Crippen LogP contribution in [-0.4, -0.2) is 57.6 Å². The fraction of sp³-hybridized carbons (Fsp3) is 0.471. The van der Waals surface area contributed by atoms with Crippen LogP contribution in [0, 0.1) is 0 Å². The van der Waals surface area contributed by atoms with Crippen LogP contribution in [-0.2, 0) is 21.0 Å². The molecule has 2 bridgehead atoms. The first kappa shape index (κ1) is 17.2. The molecule has 0 spiro atoms. The van der Waals surface area contributed by atoms with Crippen molar-refractivity contribution in [3.05, 3.63) is 35.9 Å². The van der Waals surface area contributed by atoms with E-state index in [2.05, 4.69) is 5.32 Å². The summed E-state index contributed by atoms with van der Waals surface area (Å²) in [5.41, 5.74) is 0.955. The van der Waals surface area contributed by atoms with Crippen LogP contribution >= 0.6 is 0 Å². The Morgan fingerprint density at radius 3 is 2.72 bits per heavy atom. The lowest BCUT2D eigenvalue weighted by Gasteiger charge is -2.29. The molecule has 3 atom stereocenters. The summed E-state index contributed by atoms with van der Waals surface area (Å²) in [6, 6.07) is 7.45. The highest BCUT2D eigenvalue weighted by molar-refractivity contribution is 5.90. The topological polar surface area (TPSA) is 99.2 Å². The van der Waals surface area contributed by atoms with Crippen molar-refractivity contribution in [1.82, 2.24) is 15.3 Å². The van der Waals surface area contributed by atoms with Gasteiger partial charge in [-0.05, 0) is 25.3 Å². The Kier molecular flexibility index (Phi) is 4.89. The Balaban J connectivity index is 1.62. The maximum Gasteiger partial charge on any atom is 0.345 e. The number of rotatable bonds is 6. The molecule has 0 unspecified atom stereocenters. The number of hydroxylamine groups is 2. The molecule has 3 rings (SSSR count). The summed E-state index contributed by atoms with van der Waals surface area (Å²) in [4.78, 5) is 42.9. The predicted octanol–water partition coefficient (Wildman–Crippen LogP) is 0.976. The first-order valence-corrected chi connectivity index (χ1v) is 8.27. The summed E-state index contributed by atoms with van der Waals surface area (Å²) in [7, 11) is 0. The molecule has 8 nitrogen and oxygen atoms in total. The Morgan fingerprint density at radius 1 is 1.32 bits per heavy atom. The summed E-state index contributed by atoms with van der Waals surface area (Å²) in [6.45, 7) is 2.09. The molecule has 0 saturated carbocycles. The number of carbonyl (C=O) groups excluding carboxylic acids is 2. The van der Waals surface area contributed by atoms with Crippen molar-refractivity contribution in [2.45, 2.75) is 44.5 Å². The molecule has 2 aliphatic heterocycles. The van der Waals surface area contributed by atoms with Crippen molar-refractivity contribution in [2.24, 2.45) is 0 Å². The molecule has 2 heterocycles. The van der Waals surface area contributed by atoms with Gasteiger partial charge < -0.3 is 15.3 Å². The van der Waals surface area contributed by atoms with Gasteiger partial charge in [0.25, 0.3) is 0 Å². The molecule has 25 heavy (non-hydrogen) atoms. The lowest BCUT2D eigenvalue weighted by Crippen LogP contribution is -2.52. The number of aliphatic carboxylic acids is 1. The van der Waals surface area contributed by atoms with Gasteiger partial charge in [-0.15, -0.1) is 0 Å². The van der Waals surface area contributed by atoms with E-state index >= 15 is 0 Å². The van der Waals surface area contributed by atoms with Crippen LogP contribution in [0.4, 0.5) is 4.79 Å². The molecular weight excluding hydrogens is 326 g/mol. The average molecular weight is 347 g/mol. The number of hydrogen-bond acceptors (Lipinski definition) is 4. The summed E-state index contributed by atoms with van der Waals surface area (Å²) in [5, 5.41) is 12.7.